The largest absolute Gasteiger partial charge is 0.460 e. The number of thiocarbonyl (C=S) groups is 1. The highest BCUT2D eigenvalue weighted by Crippen LogP contribution is 2.49. The van der Waals surface area contributed by atoms with Gasteiger partial charge in [0.15, 0.2) is 39.2 Å². The van der Waals surface area contributed by atoms with E-state index < -0.39 is 51.5 Å². The summed E-state index contributed by atoms with van der Waals surface area (Å²) in [6.45, 7) is 21.5. The fraction of sp³-hybridized carbons (Fsp3) is 0.774. The number of imidazole rings is 1. The summed E-state index contributed by atoms with van der Waals surface area (Å²) in [5.41, 5.74) is 1.25. The van der Waals surface area contributed by atoms with E-state index in [1.165, 1.54) is 6.33 Å². The van der Waals surface area contributed by atoms with E-state index in [-0.39, 0.29) is 76.2 Å². The Kier molecular flexibility index (Phi) is 11.3. The monoisotopic (exact) mass is 756 g/mol. The van der Waals surface area contributed by atoms with Crippen molar-refractivity contribution in [2.75, 3.05) is 36.5 Å². The van der Waals surface area contributed by atoms with Crippen molar-refractivity contribution < 1.29 is 35.7 Å². The second-order valence-corrected chi connectivity index (χ2v) is 26.3. The minimum absolute atomic E-state index is 0.00683. The van der Waals surface area contributed by atoms with E-state index in [0.29, 0.717) is 11.2 Å². The smallest absolute Gasteiger partial charge is 0.335 e. The van der Waals surface area contributed by atoms with Crippen LogP contribution < -0.4 is 5.32 Å². The van der Waals surface area contributed by atoms with Crippen LogP contribution in [-0.2, 0) is 37.1 Å². The Hall–Kier alpha value is -2.07. The van der Waals surface area contributed by atoms with E-state index in [1.54, 1.807) is 29.6 Å². The third-order valence-corrected chi connectivity index (χ3v) is 22.1. The zero-order chi connectivity index (χ0) is 36.1. The van der Waals surface area contributed by atoms with Crippen molar-refractivity contribution >= 4 is 67.2 Å². The zero-order valence-electron chi connectivity index (χ0n) is 30.2. The molecule has 18 heteroatoms. The predicted molar refractivity (Wildman–Crippen MR) is 194 cm³/mol. The molecule has 4 atom stereocenters. The molecule has 3 fully saturated rings. The molecule has 0 saturated carbocycles. The molecule has 274 valence electrons. The van der Waals surface area contributed by atoms with Gasteiger partial charge in [-0.2, -0.15) is 0 Å². The summed E-state index contributed by atoms with van der Waals surface area (Å²) in [4.78, 5) is 27.8. The molecule has 0 aliphatic carbocycles. The van der Waals surface area contributed by atoms with Gasteiger partial charge in [0.1, 0.15) is 18.5 Å². The van der Waals surface area contributed by atoms with Crippen molar-refractivity contribution in [3.63, 3.8) is 0 Å². The molecule has 0 spiro atoms. The van der Waals surface area contributed by atoms with Gasteiger partial charge >= 0.3 is 17.1 Å². The molecule has 5 heterocycles. The fourth-order valence-corrected chi connectivity index (χ4v) is 19.7. The van der Waals surface area contributed by atoms with Crippen LogP contribution in [0.3, 0.4) is 0 Å². The highest BCUT2D eigenvalue weighted by atomic mass is 32.2. The number of aromatic nitrogens is 4. The SMILES string of the molecule is CC(C)C(=O)Nc1ncnc2c1ncn2[C@@H]1O[C@@H]2CO[Si](C(C)C)(C(C)C)O[Si](C(C)C)(C(C)C)O[C@@H]2C1OC(=S)N1CCS(=O)(=O)CC1. The number of hydrogen-bond acceptors (Lipinski definition) is 12. The van der Waals surface area contributed by atoms with Crippen LogP contribution in [0.1, 0.15) is 75.5 Å². The van der Waals surface area contributed by atoms with Gasteiger partial charge in [0, 0.05) is 19.0 Å². The van der Waals surface area contributed by atoms with Crippen molar-refractivity contribution in [2.24, 2.45) is 5.92 Å². The number of hydrogen-bond donors (Lipinski definition) is 1. The summed E-state index contributed by atoms with van der Waals surface area (Å²) < 4.78 is 61.5. The number of anilines is 1. The van der Waals surface area contributed by atoms with Crippen molar-refractivity contribution in [1.82, 2.24) is 24.4 Å². The van der Waals surface area contributed by atoms with E-state index in [9.17, 15) is 13.2 Å². The summed E-state index contributed by atoms with van der Waals surface area (Å²) in [5, 5.41) is 3.01. The van der Waals surface area contributed by atoms with E-state index >= 15 is 0 Å². The maximum absolute atomic E-state index is 12.6. The first-order valence-electron chi connectivity index (χ1n) is 17.2. The van der Waals surface area contributed by atoms with E-state index in [4.69, 9.17) is 34.7 Å². The molecule has 3 saturated heterocycles. The highest BCUT2D eigenvalue weighted by molar-refractivity contribution is 7.91. The van der Waals surface area contributed by atoms with E-state index in [1.807, 2.05) is 0 Å². The second-order valence-electron chi connectivity index (χ2n) is 14.8. The topological polar surface area (TPSA) is 156 Å². The number of nitrogens with zero attached hydrogens (tertiary/aromatic N) is 5. The number of carbonyl (C=O) groups excluding carboxylic acids is 1. The third-order valence-electron chi connectivity index (χ3n) is 9.86. The maximum atomic E-state index is 12.6. The van der Waals surface area contributed by atoms with Gasteiger partial charge in [0.05, 0.1) is 24.4 Å². The quantitative estimate of drug-likeness (QED) is 0.293. The van der Waals surface area contributed by atoms with Crippen molar-refractivity contribution in [2.45, 2.75) is 116 Å². The van der Waals surface area contributed by atoms with Gasteiger partial charge in [-0.3, -0.25) is 9.36 Å². The molecule has 0 aromatic carbocycles. The third kappa shape index (κ3) is 7.34. The number of nitrogens with one attached hydrogen (secondary N) is 1. The summed E-state index contributed by atoms with van der Waals surface area (Å²) in [6.07, 6.45) is 0.125. The normalized spacial score (nSPS) is 26.7. The van der Waals surface area contributed by atoms with Gasteiger partial charge in [0.25, 0.3) is 5.17 Å². The summed E-state index contributed by atoms with van der Waals surface area (Å²) >= 11 is 5.83. The van der Waals surface area contributed by atoms with Crippen LogP contribution >= 0.6 is 12.2 Å². The first kappa shape index (κ1) is 38.2. The van der Waals surface area contributed by atoms with Crippen LogP contribution in [-0.4, -0.2) is 111 Å². The standard InChI is InChI=1S/C31H52N6O8S2Si2/c1-18(2)29(38)35-27-24-28(33-16-32-27)37(17-34-24)30-26(43-31(46)36-11-13-47(39,40)14-12-36)25-23(42-30)15-41-48(19(3)4,20(5)6)45-49(44-25,21(7)8)22(9)10/h16-23,25-26,30H,11-15H2,1-10H3,(H,32,33,35,38)/t23-,25+,26?,30-/m1/s1. The Balaban J connectivity index is 1.60. The molecule has 14 nitrogen and oxygen atoms in total. The average molecular weight is 757 g/mol. The number of carbonyl (C=O) groups is 1. The zero-order valence-corrected chi connectivity index (χ0v) is 33.8. The lowest BCUT2D eigenvalue weighted by atomic mass is 10.1. The van der Waals surface area contributed by atoms with Crippen LogP contribution in [0.15, 0.2) is 12.7 Å². The molecule has 0 bridgehead atoms. The Morgan fingerprint density at radius 2 is 1.57 bits per heavy atom. The van der Waals surface area contributed by atoms with E-state index in [0.717, 1.165) is 0 Å². The number of amides is 1. The fourth-order valence-electron chi connectivity index (χ4n) is 6.95. The van der Waals surface area contributed by atoms with Gasteiger partial charge in [-0.15, -0.1) is 0 Å². The average Bonchev–Trinajstić information content (AvgIpc) is 3.58. The van der Waals surface area contributed by atoms with Gasteiger partial charge in [-0.1, -0.05) is 69.2 Å². The molecule has 1 unspecified atom stereocenters. The lowest BCUT2D eigenvalue weighted by Gasteiger charge is -2.51. The summed E-state index contributed by atoms with van der Waals surface area (Å²) in [5.74, 6) is -0.182. The molecule has 0 radical (unpaired) electrons. The van der Waals surface area contributed by atoms with Crippen molar-refractivity contribution in [3.05, 3.63) is 12.7 Å². The Labute approximate surface area is 297 Å². The van der Waals surface area contributed by atoms with E-state index in [2.05, 4.69) is 75.7 Å². The molecule has 1 amide bonds. The first-order valence-corrected chi connectivity index (χ1v) is 23.4. The Bertz CT molecular complexity index is 1610. The maximum Gasteiger partial charge on any atom is 0.335 e. The molecule has 2 aromatic heterocycles. The Morgan fingerprint density at radius 1 is 0.959 bits per heavy atom. The minimum atomic E-state index is -3.14. The molecule has 3 aliphatic heterocycles. The highest BCUT2D eigenvalue weighted by Gasteiger charge is 2.62. The summed E-state index contributed by atoms with van der Waals surface area (Å²) in [7, 11) is -9.08. The van der Waals surface area contributed by atoms with Crippen molar-refractivity contribution in [3.8, 4) is 0 Å². The molecule has 3 aliphatic rings. The Morgan fingerprint density at radius 3 is 2.14 bits per heavy atom. The van der Waals surface area contributed by atoms with Gasteiger partial charge in [-0.25, -0.2) is 23.4 Å². The number of sulfone groups is 1. The lowest BCUT2D eigenvalue weighted by molar-refractivity contribution is -0.118. The van der Waals surface area contributed by atoms with Gasteiger partial charge in [0.2, 0.25) is 5.91 Å². The van der Waals surface area contributed by atoms with Crippen LogP contribution in [0.25, 0.3) is 11.2 Å². The number of ether oxygens (including phenoxy) is 2. The number of fused-ring (bicyclic) bond motifs is 2. The molecular formula is C31H52N6O8S2Si2. The first-order chi connectivity index (χ1) is 22.9. The molecule has 5 rings (SSSR count). The lowest BCUT2D eigenvalue weighted by Crippen LogP contribution is -2.66. The molecule has 49 heavy (non-hydrogen) atoms. The number of rotatable bonds is 8. The molecule has 1 N–H and O–H groups in total. The van der Waals surface area contributed by atoms with Crippen LogP contribution in [0.2, 0.25) is 22.2 Å². The molecule has 2 aromatic rings. The van der Waals surface area contributed by atoms with Crippen molar-refractivity contribution in [1.29, 1.82) is 0 Å². The van der Waals surface area contributed by atoms with Crippen LogP contribution in [0, 0.1) is 5.92 Å². The van der Waals surface area contributed by atoms with Gasteiger partial charge in [-0.05, 0) is 34.4 Å². The van der Waals surface area contributed by atoms with Crippen LogP contribution in [0.4, 0.5) is 5.82 Å². The molecular weight excluding hydrogens is 705 g/mol. The predicted octanol–water partition coefficient (Wildman–Crippen LogP) is 4.68. The van der Waals surface area contributed by atoms with Crippen LogP contribution in [0.5, 0.6) is 0 Å². The van der Waals surface area contributed by atoms with Gasteiger partial charge < -0.3 is 32.7 Å². The second kappa shape index (κ2) is 14.5. The minimum Gasteiger partial charge on any atom is -0.460 e. The summed E-state index contributed by atoms with van der Waals surface area (Å²) in [6, 6.07) is 0.